The molecule has 0 aliphatic heterocycles. The van der Waals surface area contributed by atoms with Crippen LogP contribution >= 0.6 is 0 Å². The zero-order valence-corrected chi connectivity index (χ0v) is 14.9. The molecule has 0 amide bonds. The maximum absolute atomic E-state index is 13.0. The average Bonchev–Trinajstić information content (AvgIpc) is 3.17. The molecule has 142 valence electrons. The number of nitrogens with zero attached hydrogens (tertiary/aromatic N) is 2. The van der Waals surface area contributed by atoms with Crippen molar-refractivity contribution in [1.29, 1.82) is 0 Å². The second kappa shape index (κ2) is 7.63. The van der Waals surface area contributed by atoms with Crippen LogP contribution in [0.1, 0.15) is 30.9 Å². The van der Waals surface area contributed by atoms with Crippen molar-refractivity contribution < 1.29 is 18.8 Å². The Hall–Kier alpha value is -3.13. The fourth-order valence-electron chi connectivity index (χ4n) is 2.81. The van der Waals surface area contributed by atoms with Gasteiger partial charge in [-0.05, 0) is 35.7 Å². The number of ether oxygens (including phenoxy) is 1. The van der Waals surface area contributed by atoms with Crippen molar-refractivity contribution in [3.8, 4) is 11.5 Å². The Morgan fingerprint density at radius 1 is 1.19 bits per heavy atom. The first kappa shape index (κ1) is 18.7. The van der Waals surface area contributed by atoms with E-state index in [4.69, 9.17) is 9.15 Å². The van der Waals surface area contributed by atoms with Crippen LogP contribution in [0.15, 0.2) is 56.7 Å². The zero-order chi connectivity index (χ0) is 19.6. The molecule has 0 spiro atoms. The number of furan rings is 1. The minimum atomic E-state index is -0.935. The highest BCUT2D eigenvalue weighted by atomic mass is 19.1. The van der Waals surface area contributed by atoms with Gasteiger partial charge in [0.05, 0.1) is 24.1 Å². The normalized spacial score (nSPS) is 11.3. The molecule has 0 saturated heterocycles. The summed E-state index contributed by atoms with van der Waals surface area (Å²) in [5.41, 5.74) is -0.525. The molecule has 0 bridgehead atoms. The quantitative estimate of drug-likeness (QED) is 0.671. The second-order valence-electron chi connectivity index (χ2n) is 6.33. The van der Waals surface area contributed by atoms with E-state index in [1.54, 1.807) is 38.1 Å². The van der Waals surface area contributed by atoms with E-state index < -0.39 is 11.2 Å². The average molecular weight is 374 g/mol. The highest BCUT2D eigenvalue weighted by Crippen LogP contribution is 2.26. The fourth-order valence-corrected chi connectivity index (χ4v) is 2.81. The van der Waals surface area contributed by atoms with Crippen LogP contribution in [0.4, 0.5) is 4.39 Å². The van der Waals surface area contributed by atoms with Gasteiger partial charge in [0, 0.05) is 0 Å². The predicted octanol–water partition coefficient (Wildman–Crippen LogP) is 2.94. The molecule has 1 aromatic carbocycles. The van der Waals surface area contributed by atoms with Crippen molar-refractivity contribution in [2.24, 2.45) is 0 Å². The van der Waals surface area contributed by atoms with E-state index in [-0.39, 0.29) is 41.1 Å². The van der Waals surface area contributed by atoms with E-state index in [0.29, 0.717) is 11.3 Å². The van der Waals surface area contributed by atoms with Gasteiger partial charge in [-0.25, -0.2) is 9.18 Å². The smallest absolute Gasteiger partial charge is 0.366 e. The molecule has 3 rings (SSSR count). The summed E-state index contributed by atoms with van der Waals surface area (Å²) in [6.07, 6.45) is 1.43. The molecule has 0 radical (unpaired) electrons. The molecule has 1 N–H and O–H groups in total. The number of rotatable bonds is 6. The van der Waals surface area contributed by atoms with Crippen LogP contribution in [0.2, 0.25) is 0 Å². The van der Waals surface area contributed by atoms with Crippen molar-refractivity contribution in [1.82, 2.24) is 9.30 Å². The predicted molar refractivity (Wildman–Crippen MR) is 95.1 cm³/mol. The van der Waals surface area contributed by atoms with Crippen LogP contribution in [-0.2, 0) is 18.1 Å². The molecule has 0 fully saturated rings. The standard InChI is InChI=1S/C19H19FN2O5/c1-12(2)16-17(15-4-3-9-27-15)21(19(24)22(25)18(16)23)11-26-10-13-5-7-14(20)8-6-13/h3-9,12,25H,10-11H2,1-2H3. The number of benzene rings is 1. The van der Waals surface area contributed by atoms with Crippen LogP contribution < -0.4 is 11.2 Å². The SMILES string of the molecule is CC(C)c1c(-c2ccco2)n(COCc2ccc(F)cc2)c(=O)n(O)c1=O. The van der Waals surface area contributed by atoms with E-state index in [1.807, 2.05) is 0 Å². The topological polar surface area (TPSA) is 86.6 Å². The molecule has 7 nitrogen and oxygen atoms in total. The van der Waals surface area contributed by atoms with Gasteiger partial charge in [0.25, 0.3) is 5.56 Å². The molecule has 0 unspecified atom stereocenters. The highest BCUT2D eigenvalue weighted by molar-refractivity contribution is 5.58. The molecule has 0 aliphatic carbocycles. The first-order chi connectivity index (χ1) is 12.9. The summed E-state index contributed by atoms with van der Waals surface area (Å²) in [5, 5.41) is 9.93. The van der Waals surface area contributed by atoms with Crippen LogP contribution in [0.3, 0.4) is 0 Å². The molecule has 3 aromatic rings. The summed E-state index contributed by atoms with van der Waals surface area (Å²) in [6.45, 7) is 3.44. The Labute approximate surface area is 153 Å². The maximum Gasteiger partial charge on any atom is 0.366 e. The Morgan fingerprint density at radius 2 is 1.89 bits per heavy atom. The molecule has 2 aromatic heterocycles. The lowest BCUT2D eigenvalue weighted by Crippen LogP contribution is -2.42. The number of aromatic nitrogens is 2. The molecule has 0 atom stereocenters. The fraction of sp³-hybridized carbons (Fsp3) is 0.263. The summed E-state index contributed by atoms with van der Waals surface area (Å²) >= 11 is 0. The van der Waals surface area contributed by atoms with Crippen LogP contribution in [0.25, 0.3) is 11.5 Å². The Kier molecular flexibility index (Phi) is 5.27. The van der Waals surface area contributed by atoms with E-state index in [1.165, 1.54) is 18.4 Å². The minimum Gasteiger partial charge on any atom is -0.463 e. The van der Waals surface area contributed by atoms with Gasteiger partial charge in [0.15, 0.2) is 5.76 Å². The third-order valence-electron chi connectivity index (χ3n) is 4.09. The summed E-state index contributed by atoms with van der Waals surface area (Å²) in [6, 6.07) is 9.01. The van der Waals surface area contributed by atoms with E-state index in [0.717, 1.165) is 4.57 Å². The van der Waals surface area contributed by atoms with Gasteiger partial charge in [-0.3, -0.25) is 9.36 Å². The molecule has 27 heavy (non-hydrogen) atoms. The Morgan fingerprint density at radius 3 is 2.48 bits per heavy atom. The van der Waals surface area contributed by atoms with Crippen molar-refractivity contribution >= 4 is 0 Å². The van der Waals surface area contributed by atoms with E-state index >= 15 is 0 Å². The summed E-state index contributed by atoms with van der Waals surface area (Å²) < 4.78 is 25.2. The van der Waals surface area contributed by atoms with E-state index in [2.05, 4.69) is 0 Å². The molecule has 2 heterocycles. The van der Waals surface area contributed by atoms with Gasteiger partial charge >= 0.3 is 5.69 Å². The van der Waals surface area contributed by atoms with Gasteiger partial charge in [0.1, 0.15) is 12.5 Å². The van der Waals surface area contributed by atoms with Gasteiger partial charge in [-0.2, -0.15) is 0 Å². The first-order valence-electron chi connectivity index (χ1n) is 8.35. The third-order valence-corrected chi connectivity index (χ3v) is 4.09. The lowest BCUT2D eigenvalue weighted by atomic mass is 10.0. The van der Waals surface area contributed by atoms with Crippen molar-refractivity contribution in [2.45, 2.75) is 33.1 Å². The molecule has 0 aliphatic rings. The van der Waals surface area contributed by atoms with Crippen molar-refractivity contribution in [2.75, 3.05) is 0 Å². The Balaban J connectivity index is 2.01. The largest absolute Gasteiger partial charge is 0.463 e. The zero-order valence-electron chi connectivity index (χ0n) is 14.9. The van der Waals surface area contributed by atoms with Crippen LogP contribution in [0.5, 0.6) is 0 Å². The summed E-state index contributed by atoms with van der Waals surface area (Å²) in [5.74, 6) is -0.317. The van der Waals surface area contributed by atoms with Crippen LogP contribution in [-0.4, -0.2) is 14.5 Å². The number of halogens is 1. The summed E-state index contributed by atoms with van der Waals surface area (Å²) in [4.78, 5) is 24.9. The highest BCUT2D eigenvalue weighted by Gasteiger charge is 2.24. The monoisotopic (exact) mass is 374 g/mol. The Bertz CT molecular complexity index is 1030. The third kappa shape index (κ3) is 3.70. The van der Waals surface area contributed by atoms with Crippen molar-refractivity contribution in [3.05, 3.63) is 80.4 Å². The van der Waals surface area contributed by atoms with E-state index in [9.17, 15) is 19.2 Å². The minimum absolute atomic E-state index is 0.0724. The maximum atomic E-state index is 13.0. The first-order valence-corrected chi connectivity index (χ1v) is 8.35. The lowest BCUT2D eigenvalue weighted by Gasteiger charge is -2.18. The van der Waals surface area contributed by atoms with Crippen molar-refractivity contribution in [3.63, 3.8) is 0 Å². The number of hydrogen-bond donors (Lipinski definition) is 1. The van der Waals surface area contributed by atoms with Crippen LogP contribution in [0, 0.1) is 5.82 Å². The summed E-state index contributed by atoms with van der Waals surface area (Å²) in [7, 11) is 0. The van der Waals surface area contributed by atoms with Gasteiger partial charge < -0.3 is 14.4 Å². The molecular formula is C19H19FN2O5. The lowest BCUT2D eigenvalue weighted by molar-refractivity contribution is 0.0528. The van der Waals surface area contributed by atoms with Gasteiger partial charge in [-0.15, -0.1) is 0 Å². The number of hydrogen-bond acceptors (Lipinski definition) is 5. The molecule has 0 saturated carbocycles. The molecular weight excluding hydrogens is 355 g/mol. The second-order valence-corrected chi connectivity index (χ2v) is 6.33. The van der Waals surface area contributed by atoms with Gasteiger partial charge in [0.2, 0.25) is 0 Å². The van der Waals surface area contributed by atoms with Gasteiger partial charge in [-0.1, -0.05) is 30.7 Å². The molecule has 8 heteroatoms.